The van der Waals surface area contributed by atoms with Gasteiger partial charge in [0, 0.05) is 44.9 Å². The number of pyridine rings is 1. The molecule has 2 amide bonds. The topological polar surface area (TPSA) is 130 Å². The van der Waals surface area contributed by atoms with Gasteiger partial charge in [0.05, 0.1) is 38.5 Å². The lowest BCUT2D eigenvalue weighted by Crippen LogP contribution is -2.47. The number of benzene rings is 1. The van der Waals surface area contributed by atoms with Crippen molar-refractivity contribution in [1.29, 1.82) is 0 Å². The Hall–Kier alpha value is -4.03. The molecule has 0 aliphatic carbocycles. The third-order valence-electron chi connectivity index (χ3n) is 6.61. The van der Waals surface area contributed by atoms with Gasteiger partial charge in [0.1, 0.15) is 17.3 Å². The summed E-state index contributed by atoms with van der Waals surface area (Å²) in [5, 5.41) is 5.47. The van der Waals surface area contributed by atoms with Crippen LogP contribution in [0.2, 0.25) is 0 Å². The Morgan fingerprint density at radius 3 is 2.79 bits per heavy atom. The number of hydrogen-bond acceptors (Lipinski definition) is 10. The Morgan fingerprint density at radius 1 is 1.18 bits per heavy atom. The van der Waals surface area contributed by atoms with Gasteiger partial charge in [0.25, 0.3) is 5.91 Å². The Kier molecular flexibility index (Phi) is 8.03. The number of carbonyl (C=O) groups excluding carboxylic acids is 2. The van der Waals surface area contributed by atoms with Crippen molar-refractivity contribution in [3.8, 4) is 11.5 Å². The zero-order valence-electron chi connectivity index (χ0n) is 22.4. The number of morpholine rings is 1. The molecule has 1 saturated heterocycles. The van der Waals surface area contributed by atoms with Crippen molar-refractivity contribution in [2.24, 2.45) is 9.98 Å². The van der Waals surface area contributed by atoms with E-state index < -0.39 is 0 Å². The number of aliphatic imine (C=N–C) groups is 2. The Morgan fingerprint density at radius 2 is 2.05 bits per heavy atom. The van der Waals surface area contributed by atoms with Gasteiger partial charge in [-0.25, -0.2) is 9.98 Å². The fourth-order valence-electron chi connectivity index (χ4n) is 4.82. The summed E-state index contributed by atoms with van der Waals surface area (Å²) in [6, 6.07) is 6.98. The van der Waals surface area contributed by atoms with Crippen molar-refractivity contribution in [1.82, 2.24) is 20.1 Å². The fourth-order valence-corrected chi connectivity index (χ4v) is 4.82. The first-order chi connectivity index (χ1) is 18.9. The standard InChI is InChI=1S/C27H33N7O5/c1-17-16-33(12-14-38-17)10-4-13-39-21-7-6-20-23(24(21)37-3)31-27(34-11-9-28-25(20)34)32-26(36)19-5-8-22(29-15-19)30-18(2)35/h5-8,15,17H,4,9-14,16H2,1-3H3,(H,29,30,35)(H,31,32,36)/t17-/m1/s1. The van der Waals surface area contributed by atoms with Crippen molar-refractivity contribution in [3.05, 3.63) is 41.6 Å². The second kappa shape index (κ2) is 11.8. The summed E-state index contributed by atoms with van der Waals surface area (Å²) in [6.45, 7) is 8.75. The van der Waals surface area contributed by atoms with Gasteiger partial charge >= 0.3 is 0 Å². The van der Waals surface area contributed by atoms with E-state index in [1.807, 2.05) is 17.0 Å². The average molecular weight is 536 g/mol. The first-order valence-electron chi connectivity index (χ1n) is 13.1. The van der Waals surface area contributed by atoms with Crippen LogP contribution in [0.1, 0.15) is 36.2 Å². The summed E-state index contributed by atoms with van der Waals surface area (Å²) in [6.07, 6.45) is 2.53. The summed E-state index contributed by atoms with van der Waals surface area (Å²) in [5.74, 6) is 1.91. The zero-order chi connectivity index (χ0) is 27.4. The summed E-state index contributed by atoms with van der Waals surface area (Å²) in [5.41, 5.74) is 1.70. The molecule has 39 heavy (non-hydrogen) atoms. The third kappa shape index (κ3) is 6.02. The number of hydrogen-bond donors (Lipinski definition) is 2. The van der Waals surface area contributed by atoms with Crippen molar-refractivity contribution in [2.75, 3.05) is 58.4 Å². The number of carbonyl (C=O) groups is 2. The second-order valence-corrected chi connectivity index (χ2v) is 9.54. The highest BCUT2D eigenvalue weighted by Gasteiger charge is 2.33. The number of rotatable bonds is 8. The Labute approximate surface area is 227 Å². The van der Waals surface area contributed by atoms with Gasteiger partial charge in [0.15, 0.2) is 11.5 Å². The van der Waals surface area contributed by atoms with Gasteiger partial charge in [-0.2, -0.15) is 0 Å². The molecule has 0 bridgehead atoms. The lowest BCUT2D eigenvalue weighted by Gasteiger charge is -2.31. The van der Waals surface area contributed by atoms with Gasteiger partial charge in [0.2, 0.25) is 11.9 Å². The molecule has 1 aromatic carbocycles. The van der Waals surface area contributed by atoms with Crippen LogP contribution >= 0.6 is 0 Å². The summed E-state index contributed by atoms with van der Waals surface area (Å²) >= 11 is 0. The molecule has 0 saturated carbocycles. The number of guanidine groups is 1. The minimum atomic E-state index is -0.380. The smallest absolute Gasteiger partial charge is 0.259 e. The van der Waals surface area contributed by atoms with Gasteiger partial charge in [-0.15, -0.1) is 0 Å². The molecule has 2 aromatic rings. The maximum absolute atomic E-state index is 13.0. The molecule has 4 heterocycles. The number of aromatic nitrogens is 1. The molecule has 0 spiro atoms. The van der Waals surface area contributed by atoms with E-state index in [0.29, 0.717) is 54.2 Å². The van der Waals surface area contributed by atoms with Crippen LogP contribution in [-0.2, 0) is 9.53 Å². The molecule has 12 nitrogen and oxygen atoms in total. The van der Waals surface area contributed by atoms with Crippen molar-refractivity contribution in [3.63, 3.8) is 0 Å². The molecule has 0 unspecified atom stereocenters. The van der Waals surface area contributed by atoms with Crippen LogP contribution < -0.4 is 20.1 Å². The highest BCUT2D eigenvalue weighted by molar-refractivity contribution is 6.20. The lowest BCUT2D eigenvalue weighted by molar-refractivity contribution is -0.114. The molecular weight excluding hydrogens is 502 g/mol. The second-order valence-electron chi connectivity index (χ2n) is 9.54. The van der Waals surface area contributed by atoms with Gasteiger partial charge in [-0.1, -0.05) is 0 Å². The number of ether oxygens (including phenoxy) is 3. The van der Waals surface area contributed by atoms with Crippen LogP contribution in [0.4, 0.5) is 11.5 Å². The molecule has 0 radical (unpaired) electrons. The monoisotopic (exact) mass is 535 g/mol. The average Bonchev–Trinajstić information content (AvgIpc) is 3.42. The quantitative estimate of drug-likeness (QED) is 0.491. The van der Waals surface area contributed by atoms with Crippen molar-refractivity contribution in [2.45, 2.75) is 26.4 Å². The molecule has 5 rings (SSSR count). The van der Waals surface area contributed by atoms with Gasteiger partial charge < -0.3 is 19.5 Å². The zero-order valence-corrected chi connectivity index (χ0v) is 22.4. The molecule has 206 valence electrons. The Bertz CT molecular complexity index is 1290. The van der Waals surface area contributed by atoms with Crippen LogP contribution in [0.15, 0.2) is 40.4 Å². The maximum Gasteiger partial charge on any atom is 0.259 e. The molecule has 3 aliphatic heterocycles. The number of nitrogens with one attached hydrogen (secondary N) is 2. The van der Waals surface area contributed by atoms with E-state index >= 15 is 0 Å². The van der Waals surface area contributed by atoms with Crippen LogP contribution in [0.25, 0.3) is 0 Å². The van der Waals surface area contributed by atoms with Gasteiger partial charge in [-0.05, 0) is 37.6 Å². The van der Waals surface area contributed by atoms with Crippen LogP contribution in [-0.4, -0.2) is 97.5 Å². The lowest BCUT2D eigenvalue weighted by atomic mass is 10.1. The predicted molar refractivity (Wildman–Crippen MR) is 146 cm³/mol. The molecule has 1 aromatic heterocycles. The highest BCUT2D eigenvalue weighted by atomic mass is 16.5. The fraction of sp³-hybridized carbons (Fsp3) is 0.444. The number of anilines is 1. The number of amides is 2. The SMILES string of the molecule is COc1c(OCCCN2CCO[C@H](C)C2)ccc2c1N=C(NC(=O)c1ccc(NC(C)=O)nc1)N1CCN=C21. The van der Waals surface area contributed by atoms with E-state index in [1.165, 1.54) is 13.1 Å². The maximum atomic E-state index is 13.0. The molecule has 12 heteroatoms. The van der Waals surface area contributed by atoms with Crippen LogP contribution in [0.3, 0.4) is 0 Å². The molecule has 1 fully saturated rings. The molecule has 3 aliphatic rings. The van der Waals surface area contributed by atoms with E-state index in [4.69, 9.17) is 19.2 Å². The number of nitrogens with zero attached hydrogens (tertiary/aromatic N) is 5. The molecule has 1 atom stereocenters. The Balaban J connectivity index is 1.31. The number of methoxy groups -OCH3 is 1. The van der Waals surface area contributed by atoms with E-state index in [1.54, 1.807) is 19.2 Å². The normalized spacial score (nSPS) is 18.4. The van der Waals surface area contributed by atoms with E-state index in [0.717, 1.165) is 44.1 Å². The summed E-state index contributed by atoms with van der Waals surface area (Å²) in [7, 11) is 1.58. The third-order valence-corrected chi connectivity index (χ3v) is 6.61. The van der Waals surface area contributed by atoms with E-state index in [-0.39, 0.29) is 17.9 Å². The van der Waals surface area contributed by atoms with E-state index in [2.05, 4.69) is 32.4 Å². The van der Waals surface area contributed by atoms with E-state index in [9.17, 15) is 9.59 Å². The highest BCUT2D eigenvalue weighted by Crippen LogP contribution is 2.43. The van der Waals surface area contributed by atoms with Crippen molar-refractivity contribution < 1.29 is 23.8 Å². The van der Waals surface area contributed by atoms with Crippen molar-refractivity contribution >= 4 is 35.1 Å². The molecule has 2 N–H and O–H groups in total. The van der Waals surface area contributed by atoms with Gasteiger partial charge in [-0.3, -0.25) is 29.7 Å². The van der Waals surface area contributed by atoms with Crippen LogP contribution in [0, 0.1) is 0 Å². The molecular formula is C27H33N7O5. The first-order valence-corrected chi connectivity index (χ1v) is 13.1. The summed E-state index contributed by atoms with van der Waals surface area (Å²) < 4.78 is 17.5. The number of fused-ring (bicyclic) bond motifs is 3. The predicted octanol–water partition coefficient (Wildman–Crippen LogP) is 2.03. The largest absolute Gasteiger partial charge is 0.491 e. The number of amidine groups is 1. The summed E-state index contributed by atoms with van der Waals surface area (Å²) in [4.78, 5) is 42.1. The minimum Gasteiger partial charge on any atom is -0.491 e. The van der Waals surface area contributed by atoms with Crippen LogP contribution in [0.5, 0.6) is 11.5 Å². The first kappa shape index (κ1) is 26.6. The minimum absolute atomic E-state index is 0.236.